The number of amides is 1. The molecule has 2 fully saturated rings. The fourth-order valence-corrected chi connectivity index (χ4v) is 5.70. The van der Waals surface area contributed by atoms with E-state index < -0.39 is 0 Å². The Morgan fingerprint density at radius 3 is 2.70 bits per heavy atom. The molecule has 0 unspecified atom stereocenters. The Hall–Kier alpha value is -2.26. The number of carbonyl (C=O) groups is 1. The minimum atomic E-state index is 0.165. The molecule has 30 heavy (non-hydrogen) atoms. The second kappa shape index (κ2) is 8.11. The molecule has 1 amide bonds. The van der Waals surface area contributed by atoms with Crippen molar-refractivity contribution in [1.82, 2.24) is 29.8 Å². The Bertz CT molecular complexity index is 1060. The summed E-state index contributed by atoms with van der Waals surface area (Å²) in [7, 11) is 0. The molecule has 1 N–H and O–H groups in total. The van der Waals surface area contributed by atoms with Gasteiger partial charge in [0, 0.05) is 37.1 Å². The predicted molar refractivity (Wildman–Crippen MR) is 119 cm³/mol. The van der Waals surface area contributed by atoms with Gasteiger partial charge in [-0.3, -0.25) is 9.69 Å². The number of nitrogens with zero attached hydrogens (tertiary/aromatic N) is 6. The van der Waals surface area contributed by atoms with Crippen LogP contribution in [0.15, 0.2) is 6.33 Å². The topological polar surface area (TPSA) is 78.7 Å². The average molecular weight is 428 g/mol. The van der Waals surface area contributed by atoms with Crippen LogP contribution in [-0.4, -0.2) is 69.2 Å². The SMILES string of the molecule is Cc1sc2nc(N3CCN(CC(=O)NC4CCCCC4)CC3)n3ncnc3c2c1C. The molecule has 3 aromatic rings. The van der Waals surface area contributed by atoms with Crippen molar-refractivity contribution >= 4 is 39.1 Å². The van der Waals surface area contributed by atoms with Gasteiger partial charge in [0.1, 0.15) is 11.2 Å². The van der Waals surface area contributed by atoms with Gasteiger partial charge >= 0.3 is 0 Å². The number of anilines is 1. The molecule has 1 aliphatic carbocycles. The second-order valence-electron chi connectivity index (χ2n) is 8.54. The van der Waals surface area contributed by atoms with Crippen LogP contribution in [0.4, 0.5) is 5.95 Å². The van der Waals surface area contributed by atoms with E-state index in [1.54, 1.807) is 17.7 Å². The van der Waals surface area contributed by atoms with Gasteiger partial charge in [-0.15, -0.1) is 11.3 Å². The van der Waals surface area contributed by atoms with E-state index in [0.29, 0.717) is 12.6 Å². The lowest BCUT2D eigenvalue weighted by atomic mass is 9.95. The van der Waals surface area contributed by atoms with Crippen molar-refractivity contribution in [3.8, 4) is 0 Å². The molecular formula is C21H29N7OS. The lowest BCUT2D eigenvalue weighted by molar-refractivity contribution is -0.123. The quantitative estimate of drug-likeness (QED) is 0.689. The van der Waals surface area contributed by atoms with Gasteiger partial charge in [0.15, 0.2) is 5.65 Å². The van der Waals surface area contributed by atoms with E-state index in [9.17, 15) is 4.79 Å². The summed E-state index contributed by atoms with van der Waals surface area (Å²) in [6.07, 6.45) is 7.64. The zero-order valence-electron chi connectivity index (χ0n) is 17.7. The van der Waals surface area contributed by atoms with E-state index in [4.69, 9.17) is 4.98 Å². The molecular weight excluding hydrogens is 398 g/mol. The van der Waals surface area contributed by atoms with Crippen molar-refractivity contribution in [1.29, 1.82) is 0 Å². The highest BCUT2D eigenvalue weighted by atomic mass is 32.1. The Morgan fingerprint density at radius 1 is 1.17 bits per heavy atom. The molecule has 0 atom stereocenters. The van der Waals surface area contributed by atoms with Crippen LogP contribution in [0.5, 0.6) is 0 Å². The molecule has 0 radical (unpaired) electrons. The first-order chi connectivity index (χ1) is 14.6. The van der Waals surface area contributed by atoms with Crippen molar-refractivity contribution in [2.24, 2.45) is 0 Å². The first kappa shape index (κ1) is 19.7. The van der Waals surface area contributed by atoms with Gasteiger partial charge in [0.2, 0.25) is 11.9 Å². The van der Waals surface area contributed by atoms with Crippen molar-refractivity contribution in [3.63, 3.8) is 0 Å². The van der Waals surface area contributed by atoms with Gasteiger partial charge in [-0.05, 0) is 32.3 Å². The van der Waals surface area contributed by atoms with Crippen LogP contribution in [0.1, 0.15) is 42.5 Å². The number of rotatable bonds is 4. The van der Waals surface area contributed by atoms with E-state index in [1.807, 2.05) is 4.52 Å². The van der Waals surface area contributed by atoms with Crippen LogP contribution in [0.3, 0.4) is 0 Å². The van der Waals surface area contributed by atoms with Gasteiger partial charge < -0.3 is 10.2 Å². The Balaban J connectivity index is 1.27. The minimum absolute atomic E-state index is 0.165. The summed E-state index contributed by atoms with van der Waals surface area (Å²) in [5, 5.41) is 8.79. The number of carbonyl (C=O) groups excluding carboxylic acids is 1. The molecule has 1 aliphatic heterocycles. The monoisotopic (exact) mass is 427 g/mol. The summed E-state index contributed by atoms with van der Waals surface area (Å²) in [5.41, 5.74) is 2.12. The molecule has 160 valence electrons. The molecule has 4 heterocycles. The van der Waals surface area contributed by atoms with Gasteiger partial charge in [-0.25, -0.2) is 9.97 Å². The van der Waals surface area contributed by atoms with Gasteiger partial charge in [-0.2, -0.15) is 9.61 Å². The van der Waals surface area contributed by atoms with E-state index in [2.05, 4.69) is 39.0 Å². The van der Waals surface area contributed by atoms with E-state index in [-0.39, 0.29) is 5.91 Å². The maximum Gasteiger partial charge on any atom is 0.234 e. The smallest absolute Gasteiger partial charge is 0.234 e. The summed E-state index contributed by atoms with van der Waals surface area (Å²) >= 11 is 1.72. The second-order valence-corrected chi connectivity index (χ2v) is 9.74. The van der Waals surface area contributed by atoms with Crippen LogP contribution in [-0.2, 0) is 4.79 Å². The summed E-state index contributed by atoms with van der Waals surface area (Å²) in [5.74, 6) is 1.01. The number of thiophene rings is 1. The van der Waals surface area contributed by atoms with Crippen molar-refractivity contribution < 1.29 is 4.79 Å². The summed E-state index contributed by atoms with van der Waals surface area (Å²) in [6.45, 7) is 8.08. The number of nitrogens with one attached hydrogen (secondary N) is 1. The lowest BCUT2D eigenvalue weighted by Gasteiger charge is -2.35. The highest BCUT2D eigenvalue weighted by Crippen LogP contribution is 2.33. The summed E-state index contributed by atoms with van der Waals surface area (Å²) < 4.78 is 1.87. The van der Waals surface area contributed by atoms with Crippen LogP contribution in [0.2, 0.25) is 0 Å². The zero-order valence-corrected chi connectivity index (χ0v) is 18.5. The number of aryl methyl sites for hydroxylation is 2. The van der Waals surface area contributed by atoms with Crippen LogP contribution in [0.25, 0.3) is 15.9 Å². The van der Waals surface area contributed by atoms with Crippen molar-refractivity contribution in [2.75, 3.05) is 37.6 Å². The summed E-state index contributed by atoms with van der Waals surface area (Å²) in [6, 6.07) is 0.377. The number of piperazine rings is 1. The summed E-state index contributed by atoms with van der Waals surface area (Å²) in [4.78, 5) is 28.7. The fraction of sp³-hybridized carbons (Fsp3) is 0.619. The molecule has 9 heteroatoms. The lowest BCUT2D eigenvalue weighted by Crippen LogP contribution is -2.51. The standard InChI is InChI=1S/C21H29N7OS/c1-14-15(2)30-20-18(14)19-22-13-23-28(19)21(25-20)27-10-8-26(9-11-27)12-17(29)24-16-6-4-3-5-7-16/h13,16H,3-12H2,1-2H3,(H,24,29). The predicted octanol–water partition coefficient (Wildman–Crippen LogP) is 2.53. The number of fused-ring (bicyclic) bond motifs is 3. The zero-order chi connectivity index (χ0) is 20.7. The molecule has 8 nitrogen and oxygen atoms in total. The average Bonchev–Trinajstić information content (AvgIpc) is 3.33. The number of hydrogen-bond acceptors (Lipinski definition) is 7. The third kappa shape index (κ3) is 3.65. The largest absolute Gasteiger partial charge is 0.352 e. The molecule has 0 aromatic carbocycles. The highest BCUT2D eigenvalue weighted by molar-refractivity contribution is 7.18. The first-order valence-corrected chi connectivity index (χ1v) is 11.8. The Morgan fingerprint density at radius 2 is 1.93 bits per heavy atom. The molecule has 1 saturated carbocycles. The minimum Gasteiger partial charge on any atom is -0.352 e. The van der Waals surface area contributed by atoms with E-state index >= 15 is 0 Å². The third-order valence-electron chi connectivity index (χ3n) is 6.52. The molecule has 1 saturated heterocycles. The van der Waals surface area contributed by atoms with Gasteiger partial charge in [0.05, 0.1) is 11.9 Å². The third-order valence-corrected chi connectivity index (χ3v) is 7.62. The van der Waals surface area contributed by atoms with Crippen LogP contribution < -0.4 is 10.2 Å². The molecule has 0 spiro atoms. The fourth-order valence-electron chi connectivity index (χ4n) is 4.68. The molecule has 2 aliphatic rings. The van der Waals surface area contributed by atoms with Gasteiger partial charge in [0.25, 0.3) is 0 Å². The molecule has 5 rings (SSSR count). The maximum absolute atomic E-state index is 12.5. The normalized spacial score (nSPS) is 19.1. The van der Waals surface area contributed by atoms with Crippen LogP contribution >= 0.6 is 11.3 Å². The number of aromatic nitrogens is 4. The van der Waals surface area contributed by atoms with Crippen molar-refractivity contribution in [2.45, 2.75) is 52.0 Å². The van der Waals surface area contributed by atoms with Crippen molar-refractivity contribution in [3.05, 3.63) is 16.8 Å². The number of hydrogen-bond donors (Lipinski definition) is 1. The Labute approximate surface area is 180 Å². The van der Waals surface area contributed by atoms with E-state index in [1.165, 1.54) is 29.7 Å². The Kier molecular flexibility index (Phi) is 5.32. The van der Waals surface area contributed by atoms with E-state index in [0.717, 1.165) is 60.8 Å². The van der Waals surface area contributed by atoms with Gasteiger partial charge in [-0.1, -0.05) is 19.3 Å². The van der Waals surface area contributed by atoms with Crippen LogP contribution in [0, 0.1) is 13.8 Å². The highest BCUT2D eigenvalue weighted by Gasteiger charge is 2.25. The first-order valence-electron chi connectivity index (χ1n) is 11.0. The maximum atomic E-state index is 12.5. The molecule has 3 aromatic heterocycles. The molecule has 0 bridgehead atoms.